The Hall–Kier alpha value is -4.85. The van der Waals surface area contributed by atoms with Gasteiger partial charge in [0.05, 0.1) is 5.69 Å². The van der Waals surface area contributed by atoms with Crippen molar-refractivity contribution in [2.45, 2.75) is 103 Å². The van der Waals surface area contributed by atoms with Gasteiger partial charge in [0.25, 0.3) is 0 Å². The Morgan fingerprint density at radius 1 is 0.667 bits per heavy atom. The van der Waals surface area contributed by atoms with Crippen molar-refractivity contribution in [2.75, 3.05) is 5.73 Å². The molecule has 0 bridgehead atoms. The van der Waals surface area contributed by atoms with Crippen LogP contribution in [-0.4, -0.2) is 25.2 Å². The fourth-order valence-electron chi connectivity index (χ4n) is 7.16. The van der Waals surface area contributed by atoms with Gasteiger partial charge in [-0.1, -0.05) is 130 Å². The van der Waals surface area contributed by atoms with Gasteiger partial charge in [-0.25, -0.2) is 0 Å². The van der Waals surface area contributed by atoms with Crippen LogP contribution in [0.5, 0.6) is 11.5 Å². The van der Waals surface area contributed by atoms with Gasteiger partial charge >= 0.3 is 0 Å². The van der Waals surface area contributed by atoms with E-state index in [0.717, 1.165) is 65.7 Å². The summed E-state index contributed by atoms with van der Waals surface area (Å²) in [6.45, 7) is 16.9. The molecule has 0 amide bonds. The summed E-state index contributed by atoms with van der Waals surface area (Å²) < 4.78 is 0.216. The Bertz CT molecular complexity index is 2700. The van der Waals surface area contributed by atoms with Gasteiger partial charge in [-0.2, -0.15) is 0 Å². The predicted molar refractivity (Wildman–Crippen MR) is 257 cm³/mol. The molecular formula is C49H51IN6O2S2. The zero-order valence-corrected chi connectivity index (χ0v) is 39.1. The second kappa shape index (κ2) is 17.6. The number of alkyl halides is 1. The number of nitrogens with zero attached hydrogens (tertiary/aromatic N) is 5. The van der Waals surface area contributed by atoms with Gasteiger partial charge in [0.15, 0.2) is 0 Å². The number of halogens is 1. The largest absolute Gasteiger partial charge is 0.505 e. The van der Waals surface area contributed by atoms with Crippen LogP contribution in [0, 0.1) is 13.8 Å². The molecule has 1 atom stereocenters. The first kappa shape index (κ1) is 43.2. The lowest BCUT2D eigenvalue weighted by Gasteiger charge is -2.26. The smallest absolute Gasteiger partial charge is 0.147 e. The molecule has 0 spiro atoms. The van der Waals surface area contributed by atoms with Crippen LogP contribution in [0.2, 0.25) is 0 Å². The number of aromatic hydroxyl groups is 2. The number of rotatable bonds is 12. The molecule has 1 heterocycles. The van der Waals surface area contributed by atoms with Crippen molar-refractivity contribution >= 4 is 74.2 Å². The Morgan fingerprint density at radius 2 is 1.22 bits per heavy atom. The molecule has 6 aromatic carbocycles. The van der Waals surface area contributed by atoms with Crippen molar-refractivity contribution in [3.05, 3.63) is 143 Å². The second-order valence-corrected chi connectivity index (χ2v) is 20.6. The third kappa shape index (κ3) is 9.53. The maximum atomic E-state index is 11.2. The second-order valence-electron chi connectivity index (χ2n) is 16.8. The first-order chi connectivity index (χ1) is 28.5. The Labute approximate surface area is 375 Å². The van der Waals surface area contributed by atoms with E-state index in [1.165, 1.54) is 11.1 Å². The number of nitrogens with two attached hydrogens (primary N) is 1. The predicted octanol–water partition coefficient (Wildman–Crippen LogP) is 14.6. The highest BCUT2D eigenvalue weighted by Gasteiger charge is 2.24. The van der Waals surface area contributed by atoms with Gasteiger partial charge in [-0.05, 0) is 121 Å². The molecule has 11 heteroatoms. The number of phenols is 2. The lowest BCUT2D eigenvalue weighted by Crippen LogP contribution is -2.18. The average molecular weight is 947 g/mol. The quantitative estimate of drug-likeness (QED) is 0.0483. The van der Waals surface area contributed by atoms with E-state index in [1.807, 2.05) is 56.3 Å². The maximum absolute atomic E-state index is 11.2. The van der Waals surface area contributed by atoms with Gasteiger partial charge in [-0.15, -0.1) is 25.2 Å². The zero-order chi connectivity index (χ0) is 42.9. The highest BCUT2D eigenvalue weighted by molar-refractivity contribution is 14.1. The lowest BCUT2D eigenvalue weighted by molar-refractivity contribution is 0.447. The third-order valence-electron chi connectivity index (χ3n) is 10.6. The van der Waals surface area contributed by atoms with Crippen molar-refractivity contribution in [1.82, 2.24) is 15.0 Å². The molecule has 0 aliphatic carbocycles. The highest BCUT2D eigenvalue weighted by atomic mass is 127. The fourth-order valence-corrected chi connectivity index (χ4v) is 9.96. The molecule has 0 aliphatic rings. The van der Waals surface area contributed by atoms with Gasteiger partial charge in [0.2, 0.25) is 0 Å². The molecule has 0 radical (unpaired) electrons. The van der Waals surface area contributed by atoms with E-state index in [9.17, 15) is 10.2 Å². The first-order valence-electron chi connectivity index (χ1n) is 20.1. The average Bonchev–Trinajstić information content (AvgIpc) is 3.63. The summed E-state index contributed by atoms with van der Waals surface area (Å²) in [5, 5.41) is 40.6. The van der Waals surface area contributed by atoms with E-state index in [2.05, 4.69) is 141 Å². The van der Waals surface area contributed by atoms with Crippen LogP contribution in [0.15, 0.2) is 139 Å². The molecule has 7 rings (SSSR count). The minimum atomic E-state index is -0.235. The van der Waals surface area contributed by atoms with Crippen molar-refractivity contribution in [3.8, 4) is 17.2 Å². The van der Waals surface area contributed by atoms with E-state index in [-0.39, 0.29) is 26.3 Å². The van der Waals surface area contributed by atoms with Crippen molar-refractivity contribution in [1.29, 1.82) is 0 Å². The summed E-state index contributed by atoms with van der Waals surface area (Å²) in [6.07, 6.45) is 2.03. The molecule has 7 aromatic rings. The SMILES string of the molecule is CCCC(I)c1cc(C)cc(-n2nc3ccc(Sc4ccc(C(C)(C)c5ccc(Sc6ccc(N)c(N=Nc7cc(C)cc(C(C)(C)C)c7O)c6)cc5)cc4)cc3n2)c1O. The van der Waals surface area contributed by atoms with Crippen molar-refractivity contribution in [2.24, 2.45) is 10.2 Å². The Kier molecular flexibility index (Phi) is 12.7. The monoisotopic (exact) mass is 946 g/mol. The minimum absolute atomic E-state index is 0.141. The number of hydrogen-bond donors (Lipinski definition) is 3. The minimum Gasteiger partial charge on any atom is -0.505 e. The van der Waals surface area contributed by atoms with Gasteiger partial charge in [-0.3, -0.25) is 0 Å². The summed E-state index contributed by atoms with van der Waals surface area (Å²) in [7, 11) is 0. The standard InChI is InChI=1S/C49H51IN6O2S2/c1-9-10-39(50)37-23-29(2)26-45(46(37)57)56-54-41-22-20-36(28-43(41)55-56)60-34-17-13-32(14-18-34)49(7,8)31-11-15-33(16-12-31)59-35-19-21-40(51)42(27-35)52-53-44-25-30(3)24-38(47(44)58)48(4,5)6/h11-28,39,57-58H,9-10,51H2,1-8H3. The van der Waals surface area contributed by atoms with Crippen LogP contribution in [0.3, 0.4) is 0 Å². The topological polar surface area (TPSA) is 122 Å². The number of phenolic OH excluding ortho intramolecular Hbond substituents is 2. The third-order valence-corrected chi connectivity index (χ3v) is 13.9. The van der Waals surface area contributed by atoms with Crippen LogP contribution in [-0.2, 0) is 10.8 Å². The summed E-state index contributed by atoms with van der Waals surface area (Å²) in [5.41, 5.74) is 15.8. The molecular weight excluding hydrogens is 896 g/mol. The molecule has 0 aliphatic heterocycles. The number of hydrogen-bond acceptors (Lipinski definition) is 9. The van der Waals surface area contributed by atoms with Crippen molar-refractivity contribution < 1.29 is 10.2 Å². The number of anilines is 1. The fraction of sp³-hybridized carbons (Fsp3) is 0.265. The van der Waals surface area contributed by atoms with Crippen LogP contribution in [0.1, 0.15) is 91.7 Å². The summed E-state index contributed by atoms with van der Waals surface area (Å²) in [5.74, 6) is 0.382. The van der Waals surface area contributed by atoms with Crippen LogP contribution < -0.4 is 5.73 Å². The summed E-state index contributed by atoms with van der Waals surface area (Å²) in [6, 6.07) is 37.2. The number of azo groups is 1. The number of benzene rings is 6. The molecule has 60 heavy (non-hydrogen) atoms. The van der Waals surface area contributed by atoms with Gasteiger partial charge in [0, 0.05) is 40.0 Å². The van der Waals surface area contributed by atoms with Crippen LogP contribution in [0.25, 0.3) is 16.7 Å². The molecule has 4 N–H and O–H groups in total. The number of aromatic nitrogens is 3. The Morgan fingerprint density at radius 3 is 1.83 bits per heavy atom. The molecule has 8 nitrogen and oxygen atoms in total. The lowest BCUT2D eigenvalue weighted by atomic mass is 9.78. The summed E-state index contributed by atoms with van der Waals surface area (Å²) >= 11 is 5.73. The van der Waals surface area contributed by atoms with Gasteiger partial charge in [0.1, 0.15) is 39.6 Å². The molecule has 0 fully saturated rings. The molecule has 0 saturated carbocycles. The van der Waals surface area contributed by atoms with Crippen molar-refractivity contribution in [3.63, 3.8) is 0 Å². The van der Waals surface area contributed by atoms with E-state index in [0.29, 0.717) is 22.7 Å². The number of nitrogen functional groups attached to an aromatic ring is 1. The van der Waals surface area contributed by atoms with Gasteiger partial charge < -0.3 is 15.9 Å². The van der Waals surface area contributed by atoms with Crippen LogP contribution >= 0.6 is 46.1 Å². The van der Waals surface area contributed by atoms with E-state index >= 15 is 0 Å². The van der Waals surface area contributed by atoms with E-state index in [1.54, 1.807) is 28.3 Å². The Balaban J connectivity index is 1.02. The maximum Gasteiger partial charge on any atom is 0.147 e. The first-order valence-corrected chi connectivity index (χ1v) is 22.9. The summed E-state index contributed by atoms with van der Waals surface area (Å²) in [4.78, 5) is 5.84. The molecule has 0 saturated heterocycles. The molecule has 1 unspecified atom stereocenters. The number of fused-ring (bicyclic) bond motifs is 1. The molecule has 308 valence electrons. The van der Waals surface area contributed by atoms with E-state index < -0.39 is 0 Å². The normalized spacial score (nSPS) is 12.8. The number of aryl methyl sites for hydroxylation is 2. The molecule has 1 aromatic heterocycles. The zero-order valence-electron chi connectivity index (χ0n) is 35.3. The highest BCUT2D eigenvalue weighted by Crippen LogP contribution is 2.42. The van der Waals surface area contributed by atoms with E-state index in [4.69, 9.17) is 15.9 Å². The van der Waals surface area contributed by atoms with Crippen LogP contribution in [0.4, 0.5) is 17.1 Å².